The van der Waals surface area contributed by atoms with Crippen LogP contribution in [-0.4, -0.2) is 28.2 Å². The molecule has 1 aromatic carbocycles. The molecule has 5 nitrogen and oxygen atoms in total. The van der Waals surface area contributed by atoms with Crippen LogP contribution in [0.2, 0.25) is 0 Å². The lowest BCUT2D eigenvalue weighted by Gasteiger charge is -2.18. The van der Waals surface area contributed by atoms with Gasteiger partial charge in [0.25, 0.3) is 0 Å². The molecule has 0 bridgehead atoms. The van der Waals surface area contributed by atoms with Crippen LogP contribution in [0.25, 0.3) is 0 Å². The second kappa shape index (κ2) is 8.12. The fraction of sp³-hybridized carbons (Fsp3) is 0.333. The summed E-state index contributed by atoms with van der Waals surface area (Å²) in [7, 11) is 0. The van der Waals surface area contributed by atoms with Gasteiger partial charge in [-0.25, -0.2) is 0 Å². The Labute approximate surface area is 117 Å². The van der Waals surface area contributed by atoms with E-state index in [0.29, 0.717) is 6.54 Å². The van der Waals surface area contributed by atoms with Crippen molar-refractivity contribution < 1.29 is 19.8 Å². The molecule has 0 amide bonds. The lowest BCUT2D eigenvalue weighted by atomic mass is 9.96. The molecule has 0 fully saturated rings. The van der Waals surface area contributed by atoms with Gasteiger partial charge in [0.05, 0.1) is 5.92 Å². The monoisotopic (exact) mass is 277 g/mol. The standard InChI is InChI=1S/C15H19NO4/c1-2-6-12(14(17)18)9-13(15(19)20)16-10-11-7-4-3-5-8-11/h2-5,7-8,12-13,16H,1,6,9-10H2,(H,17,18)(H,19,20). The summed E-state index contributed by atoms with van der Waals surface area (Å²) >= 11 is 0. The number of allylic oxidation sites excluding steroid dienone is 1. The van der Waals surface area contributed by atoms with E-state index in [1.807, 2.05) is 30.3 Å². The van der Waals surface area contributed by atoms with E-state index in [9.17, 15) is 9.59 Å². The van der Waals surface area contributed by atoms with Crippen molar-refractivity contribution in [2.24, 2.45) is 5.92 Å². The number of aliphatic carboxylic acids is 2. The molecule has 3 N–H and O–H groups in total. The van der Waals surface area contributed by atoms with Gasteiger partial charge in [-0.3, -0.25) is 9.59 Å². The predicted molar refractivity (Wildman–Crippen MR) is 75.3 cm³/mol. The number of carboxylic acids is 2. The highest BCUT2D eigenvalue weighted by Gasteiger charge is 2.25. The highest BCUT2D eigenvalue weighted by atomic mass is 16.4. The lowest BCUT2D eigenvalue weighted by molar-refractivity contribution is -0.144. The van der Waals surface area contributed by atoms with Crippen LogP contribution in [0.4, 0.5) is 0 Å². The molecule has 2 unspecified atom stereocenters. The van der Waals surface area contributed by atoms with Crippen molar-refractivity contribution in [3.63, 3.8) is 0 Å². The molecule has 0 saturated heterocycles. The second-order valence-electron chi connectivity index (χ2n) is 4.55. The summed E-state index contributed by atoms with van der Waals surface area (Å²) in [6.45, 7) is 3.88. The van der Waals surface area contributed by atoms with Crippen LogP contribution in [0.3, 0.4) is 0 Å². The number of carbonyl (C=O) groups is 2. The predicted octanol–water partition coefficient (Wildman–Crippen LogP) is 1.90. The molecule has 2 atom stereocenters. The fourth-order valence-corrected chi connectivity index (χ4v) is 1.89. The van der Waals surface area contributed by atoms with E-state index in [2.05, 4.69) is 11.9 Å². The summed E-state index contributed by atoms with van der Waals surface area (Å²) in [5.41, 5.74) is 0.953. The average Bonchev–Trinajstić information content (AvgIpc) is 2.42. The van der Waals surface area contributed by atoms with Gasteiger partial charge >= 0.3 is 11.9 Å². The lowest BCUT2D eigenvalue weighted by Crippen LogP contribution is -2.39. The first-order valence-electron chi connectivity index (χ1n) is 6.38. The second-order valence-corrected chi connectivity index (χ2v) is 4.55. The summed E-state index contributed by atoms with van der Waals surface area (Å²) in [6.07, 6.45) is 1.78. The largest absolute Gasteiger partial charge is 0.481 e. The number of carboxylic acid groups (broad SMARTS) is 2. The third kappa shape index (κ3) is 5.24. The van der Waals surface area contributed by atoms with Gasteiger partial charge in [0.15, 0.2) is 0 Å². The minimum absolute atomic E-state index is 0.0313. The quantitative estimate of drug-likeness (QED) is 0.600. The van der Waals surface area contributed by atoms with Gasteiger partial charge in [-0.2, -0.15) is 0 Å². The Morgan fingerprint density at radius 3 is 2.35 bits per heavy atom. The molecule has 0 aliphatic heterocycles. The third-order valence-corrected chi connectivity index (χ3v) is 3.01. The van der Waals surface area contributed by atoms with Crippen LogP contribution in [0.1, 0.15) is 18.4 Å². The van der Waals surface area contributed by atoms with Crippen molar-refractivity contribution in [1.29, 1.82) is 0 Å². The minimum Gasteiger partial charge on any atom is -0.481 e. The van der Waals surface area contributed by atoms with Crippen molar-refractivity contribution in [2.45, 2.75) is 25.4 Å². The van der Waals surface area contributed by atoms with Gasteiger partial charge in [-0.05, 0) is 18.4 Å². The topological polar surface area (TPSA) is 86.6 Å². The van der Waals surface area contributed by atoms with Crippen molar-refractivity contribution in [3.05, 3.63) is 48.6 Å². The number of hydrogen-bond donors (Lipinski definition) is 3. The number of benzene rings is 1. The van der Waals surface area contributed by atoms with Gasteiger partial charge in [0.2, 0.25) is 0 Å². The summed E-state index contributed by atoms with van der Waals surface area (Å²) in [4.78, 5) is 22.3. The molecule has 5 heteroatoms. The molecule has 1 rings (SSSR count). The zero-order valence-electron chi connectivity index (χ0n) is 11.2. The molecule has 0 heterocycles. The van der Waals surface area contributed by atoms with Crippen molar-refractivity contribution in [2.75, 3.05) is 0 Å². The van der Waals surface area contributed by atoms with E-state index < -0.39 is 23.9 Å². The van der Waals surface area contributed by atoms with Crippen LogP contribution < -0.4 is 5.32 Å². The number of hydrogen-bond acceptors (Lipinski definition) is 3. The molecule has 0 saturated carbocycles. The summed E-state index contributed by atoms with van der Waals surface area (Å²) < 4.78 is 0. The Morgan fingerprint density at radius 1 is 1.20 bits per heavy atom. The van der Waals surface area contributed by atoms with Crippen LogP contribution >= 0.6 is 0 Å². The highest BCUT2D eigenvalue weighted by Crippen LogP contribution is 2.13. The van der Waals surface area contributed by atoms with Crippen molar-refractivity contribution in [3.8, 4) is 0 Å². The molecule has 1 aromatic rings. The Balaban J connectivity index is 2.62. The molecule has 0 radical (unpaired) electrons. The maximum Gasteiger partial charge on any atom is 0.320 e. The first kappa shape index (κ1) is 15.9. The van der Waals surface area contributed by atoms with Crippen molar-refractivity contribution in [1.82, 2.24) is 5.32 Å². The molecule has 0 aliphatic carbocycles. The maximum atomic E-state index is 11.2. The van der Waals surface area contributed by atoms with E-state index in [0.717, 1.165) is 5.56 Å². The average molecular weight is 277 g/mol. The maximum absolute atomic E-state index is 11.2. The normalized spacial score (nSPS) is 13.4. The Morgan fingerprint density at radius 2 is 1.85 bits per heavy atom. The number of rotatable bonds is 9. The van der Waals surface area contributed by atoms with Crippen LogP contribution in [0.15, 0.2) is 43.0 Å². The highest BCUT2D eigenvalue weighted by molar-refractivity contribution is 5.76. The first-order valence-corrected chi connectivity index (χ1v) is 6.38. The fourth-order valence-electron chi connectivity index (χ4n) is 1.89. The van der Waals surface area contributed by atoms with E-state index in [-0.39, 0.29) is 12.8 Å². The van der Waals surface area contributed by atoms with Gasteiger partial charge in [0.1, 0.15) is 6.04 Å². The Bertz CT molecular complexity index is 458. The molecular weight excluding hydrogens is 258 g/mol. The van der Waals surface area contributed by atoms with Gasteiger partial charge < -0.3 is 15.5 Å². The van der Waals surface area contributed by atoms with Crippen LogP contribution in [0.5, 0.6) is 0 Å². The molecule has 0 spiro atoms. The van der Waals surface area contributed by atoms with E-state index in [4.69, 9.17) is 10.2 Å². The Hall–Kier alpha value is -2.14. The van der Waals surface area contributed by atoms with Gasteiger partial charge in [-0.1, -0.05) is 36.4 Å². The summed E-state index contributed by atoms with van der Waals surface area (Å²) in [5, 5.41) is 21.1. The molecule has 0 aliphatic rings. The van der Waals surface area contributed by atoms with E-state index in [1.165, 1.54) is 6.08 Å². The van der Waals surface area contributed by atoms with Gasteiger partial charge in [-0.15, -0.1) is 6.58 Å². The van der Waals surface area contributed by atoms with Crippen LogP contribution in [-0.2, 0) is 16.1 Å². The van der Waals surface area contributed by atoms with E-state index >= 15 is 0 Å². The zero-order chi connectivity index (χ0) is 15.0. The van der Waals surface area contributed by atoms with Gasteiger partial charge in [0, 0.05) is 6.54 Å². The van der Waals surface area contributed by atoms with Crippen LogP contribution in [0, 0.1) is 5.92 Å². The third-order valence-electron chi connectivity index (χ3n) is 3.01. The molecule has 0 aromatic heterocycles. The van der Waals surface area contributed by atoms with Crippen molar-refractivity contribution >= 4 is 11.9 Å². The smallest absolute Gasteiger partial charge is 0.320 e. The molecular formula is C15H19NO4. The number of nitrogens with one attached hydrogen (secondary N) is 1. The molecule has 108 valence electrons. The van der Waals surface area contributed by atoms with E-state index in [1.54, 1.807) is 0 Å². The SMILES string of the molecule is C=CCC(CC(NCc1ccccc1)C(=O)O)C(=O)O. The zero-order valence-corrected chi connectivity index (χ0v) is 11.2. The first-order chi connectivity index (χ1) is 9.54. The molecule has 20 heavy (non-hydrogen) atoms. The summed E-state index contributed by atoms with van der Waals surface area (Å²) in [5.74, 6) is -2.79. The minimum atomic E-state index is -1.05. The summed E-state index contributed by atoms with van der Waals surface area (Å²) in [6, 6.07) is 8.48. The Kier molecular flexibility index (Phi) is 6.46.